The molecular weight excluding hydrogens is 426 g/mol. The van der Waals surface area contributed by atoms with Crippen LogP contribution in [-0.2, 0) is 24.5 Å². The van der Waals surface area contributed by atoms with Gasteiger partial charge in [0.1, 0.15) is 11.4 Å². The number of amides is 2. The summed E-state index contributed by atoms with van der Waals surface area (Å²) in [5, 5.41) is 17.7. The minimum Gasteiger partial charge on any atom is -0.480 e. The van der Waals surface area contributed by atoms with E-state index in [0.29, 0.717) is 29.5 Å². The predicted octanol–water partition coefficient (Wildman–Crippen LogP) is 1.23. The Morgan fingerprint density at radius 3 is 2.35 bits per heavy atom. The van der Waals surface area contributed by atoms with Gasteiger partial charge in [-0.3, -0.25) is 18.9 Å². The molecule has 0 unspecified atom stereocenters. The fourth-order valence-electron chi connectivity index (χ4n) is 2.96. The number of carboxylic acid groups (broad SMARTS) is 1. The van der Waals surface area contributed by atoms with Crippen LogP contribution in [-0.4, -0.2) is 55.5 Å². The van der Waals surface area contributed by atoms with Gasteiger partial charge in [0.15, 0.2) is 0 Å². The monoisotopic (exact) mass is 451 g/mol. The normalized spacial score (nSPS) is 12.2. The van der Waals surface area contributed by atoms with Crippen LogP contribution in [0.15, 0.2) is 41.3 Å². The molecule has 0 saturated heterocycles. The number of carbonyl (C=O) groups excluding carboxylic acids is 2. The highest BCUT2D eigenvalue weighted by Crippen LogP contribution is 2.28. The van der Waals surface area contributed by atoms with E-state index < -0.39 is 34.5 Å². The highest BCUT2D eigenvalue weighted by molar-refractivity contribution is 7.86. The van der Waals surface area contributed by atoms with Crippen LogP contribution in [0, 0.1) is 5.92 Å². The molecule has 0 saturated carbocycles. The molecule has 2 aromatic carbocycles. The summed E-state index contributed by atoms with van der Waals surface area (Å²) in [6, 6.07) is 9.60. The molecule has 0 heterocycles. The molecule has 0 aliphatic rings. The van der Waals surface area contributed by atoms with Crippen molar-refractivity contribution in [1.82, 2.24) is 10.6 Å². The van der Waals surface area contributed by atoms with Crippen molar-refractivity contribution in [3.63, 3.8) is 0 Å². The standard InChI is InChI=1S/C20H25N3O7S/c1-13(20(27)23-12-19(25)26)8-9-18(24)22-11-10-21-16-6-2-5-15-14(16)4-3-7-17(15)31(28,29)30/h2-7,13,21H,8-12H2,1H3,(H,22,24)(H,23,27)(H,25,26)(H,28,29,30)/t13-/m0/s1. The molecule has 31 heavy (non-hydrogen) atoms. The third-order valence-corrected chi connectivity index (χ3v) is 5.50. The maximum absolute atomic E-state index is 12.0. The number of carboxylic acids is 1. The van der Waals surface area contributed by atoms with Gasteiger partial charge in [0.25, 0.3) is 10.1 Å². The first-order valence-corrected chi connectivity index (χ1v) is 11.0. The second-order valence-corrected chi connectivity index (χ2v) is 8.35. The van der Waals surface area contributed by atoms with Gasteiger partial charge in [-0.2, -0.15) is 8.42 Å². The quantitative estimate of drug-likeness (QED) is 0.252. The molecule has 1 atom stereocenters. The van der Waals surface area contributed by atoms with E-state index in [2.05, 4.69) is 16.0 Å². The van der Waals surface area contributed by atoms with Gasteiger partial charge in [0.05, 0.1) is 0 Å². The zero-order chi connectivity index (χ0) is 23.0. The fourth-order valence-corrected chi connectivity index (χ4v) is 3.67. The lowest BCUT2D eigenvalue weighted by Gasteiger charge is -2.13. The minimum absolute atomic E-state index is 0.119. The van der Waals surface area contributed by atoms with Crippen molar-refractivity contribution < 1.29 is 32.5 Å². The Hall–Kier alpha value is -3.18. The van der Waals surface area contributed by atoms with Crippen LogP contribution in [0.1, 0.15) is 19.8 Å². The summed E-state index contributed by atoms with van der Waals surface area (Å²) in [5.41, 5.74) is 0.654. The van der Waals surface area contributed by atoms with Crippen molar-refractivity contribution in [1.29, 1.82) is 0 Å². The number of hydrogen-bond donors (Lipinski definition) is 5. The first kappa shape index (κ1) is 24.1. The van der Waals surface area contributed by atoms with Gasteiger partial charge in [-0.25, -0.2) is 0 Å². The van der Waals surface area contributed by atoms with Gasteiger partial charge < -0.3 is 21.1 Å². The molecule has 0 aliphatic heterocycles. The van der Waals surface area contributed by atoms with E-state index in [1.807, 2.05) is 0 Å². The van der Waals surface area contributed by atoms with Crippen LogP contribution >= 0.6 is 0 Å². The lowest BCUT2D eigenvalue weighted by Crippen LogP contribution is -2.34. The molecule has 10 nitrogen and oxygen atoms in total. The number of aliphatic carboxylic acids is 1. The van der Waals surface area contributed by atoms with E-state index in [1.54, 1.807) is 31.2 Å². The summed E-state index contributed by atoms with van der Waals surface area (Å²) in [7, 11) is -4.35. The van der Waals surface area contributed by atoms with E-state index in [0.717, 1.165) is 0 Å². The molecule has 2 amide bonds. The zero-order valence-corrected chi connectivity index (χ0v) is 17.7. The molecule has 2 rings (SSSR count). The van der Waals surface area contributed by atoms with Gasteiger partial charge in [-0.1, -0.05) is 31.2 Å². The maximum Gasteiger partial charge on any atom is 0.322 e. The third-order valence-electron chi connectivity index (χ3n) is 4.59. The van der Waals surface area contributed by atoms with E-state index in [9.17, 15) is 27.4 Å². The highest BCUT2D eigenvalue weighted by atomic mass is 32.2. The summed E-state index contributed by atoms with van der Waals surface area (Å²) in [6.07, 6.45) is 0.403. The zero-order valence-electron chi connectivity index (χ0n) is 16.9. The molecule has 11 heteroatoms. The molecule has 0 aliphatic carbocycles. The maximum atomic E-state index is 12.0. The van der Waals surface area contributed by atoms with Crippen molar-refractivity contribution in [2.75, 3.05) is 25.0 Å². The van der Waals surface area contributed by atoms with Crippen LogP contribution in [0.3, 0.4) is 0 Å². The lowest BCUT2D eigenvalue weighted by molar-refractivity contribution is -0.138. The van der Waals surface area contributed by atoms with Gasteiger partial charge in [0, 0.05) is 41.9 Å². The minimum atomic E-state index is -4.35. The Labute approximate surface area is 179 Å². The van der Waals surface area contributed by atoms with E-state index in [1.165, 1.54) is 12.1 Å². The highest BCUT2D eigenvalue weighted by Gasteiger charge is 2.16. The number of rotatable bonds is 11. The number of benzene rings is 2. The molecule has 0 spiro atoms. The second kappa shape index (κ2) is 10.7. The lowest BCUT2D eigenvalue weighted by atomic mass is 10.0. The summed E-state index contributed by atoms with van der Waals surface area (Å²) < 4.78 is 32.5. The first-order valence-electron chi connectivity index (χ1n) is 9.59. The van der Waals surface area contributed by atoms with Crippen LogP contribution in [0.25, 0.3) is 10.8 Å². The van der Waals surface area contributed by atoms with Crippen LogP contribution < -0.4 is 16.0 Å². The topological polar surface area (TPSA) is 162 Å². The molecule has 5 N–H and O–H groups in total. The second-order valence-electron chi connectivity index (χ2n) is 6.96. The van der Waals surface area contributed by atoms with Crippen LogP contribution in [0.2, 0.25) is 0 Å². The summed E-state index contributed by atoms with van der Waals surface area (Å²) in [6.45, 7) is 1.83. The molecular formula is C20H25N3O7S. The smallest absolute Gasteiger partial charge is 0.322 e. The fraction of sp³-hybridized carbons (Fsp3) is 0.350. The Morgan fingerprint density at radius 1 is 1.00 bits per heavy atom. The predicted molar refractivity (Wildman–Crippen MR) is 114 cm³/mol. The molecule has 168 valence electrons. The van der Waals surface area contributed by atoms with E-state index >= 15 is 0 Å². The van der Waals surface area contributed by atoms with Gasteiger partial charge >= 0.3 is 5.97 Å². The van der Waals surface area contributed by atoms with Crippen LogP contribution in [0.4, 0.5) is 5.69 Å². The molecule has 2 aromatic rings. The average molecular weight is 452 g/mol. The number of hydrogen-bond acceptors (Lipinski definition) is 6. The van der Waals surface area contributed by atoms with Gasteiger partial charge in [0.2, 0.25) is 11.8 Å². The van der Waals surface area contributed by atoms with Crippen molar-refractivity contribution >= 4 is 44.4 Å². The van der Waals surface area contributed by atoms with Gasteiger partial charge in [-0.05, 0) is 18.6 Å². The first-order chi connectivity index (χ1) is 14.6. The van der Waals surface area contributed by atoms with Crippen molar-refractivity contribution in [3.8, 4) is 0 Å². The Bertz CT molecular complexity index is 1070. The van der Waals surface area contributed by atoms with Crippen molar-refractivity contribution in [2.45, 2.75) is 24.7 Å². The van der Waals surface area contributed by atoms with Crippen LogP contribution in [0.5, 0.6) is 0 Å². The van der Waals surface area contributed by atoms with Crippen molar-refractivity contribution in [3.05, 3.63) is 36.4 Å². The van der Waals surface area contributed by atoms with E-state index in [-0.39, 0.29) is 23.6 Å². The Balaban J connectivity index is 1.82. The number of anilines is 1. The summed E-state index contributed by atoms with van der Waals surface area (Å²) >= 11 is 0. The SMILES string of the molecule is C[C@@H](CCC(=O)NCCNc1cccc2c(S(=O)(=O)O)cccc12)C(=O)NCC(=O)O. The largest absolute Gasteiger partial charge is 0.480 e. The number of nitrogens with one attached hydrogen (secondary N) is 3. The third kappa shape index (κ3) is 7.23. The molecule has 0 fully saturated rings. The Kier molecular flexibility index (Phi) is 8.34. The Morgan fingerprint density at radius 2 is 1.68 bits per heavy atom. The van der Waals surface area contributed by atoms with Gasteiger partial charge in [-0.15, -0.1) is 0 Å². The number of fused-ring (bicyclic) bond motifs is 1. The molecule has 0 aromatic heterocycles. The molecule has 0 radical (unpaired) electrons. The number of carbonyl (C=O) groups is 3. The van der Waals surface area contributed by atoms with Crippen molar-refractivity contribution in [2.24, 2.45) is 5.92 Å². The molecule has 0 bridgehead atoms. The van der Waals surface area contributed by atoms with E-state index in [4.69, 9.17) is 5.11 Å². The summed E-state index contributed by atoms with van der Waals surface area (Å²) in [5.74, 6) is -2.29. The average Bonchev–Trinajstić information content (AvgIpc) is 2.72. The summed E-state index contributed by atoms with van der Waals surface area (Å²) in [4.78, 5) is 33.9.